The molecule has 176 valence electrons. The maximum absolute atomic E-state index is 14.6. The van der Waals surface area contributed by atoms with Gasteiger partial charge in [0.1, 0.15) is 11.4 Å². The Morgan fingerprint density at radius 3 is 2.74 bits per heavy atom. The molecule has 3 aromatic carbocycles. The Balaban J connectivity index is 1.47. The lowest BCUT2D eigenvalue weighted by atomic mass is 9.69. The molecule has 6 nitrogen and oxygen atoms in total. The van der Waals surface area contributed by atoms with Gasteiger partial charge in [0.15, 0.2) is 17.3 Å². The quantitative estimate of drug-likeness (QED) is 0.553. The Morgan fingerprint density at radius 1 is 1.06 bits per heavy atom. The SMILES string of the molecule is O=C(c1ccc2c(c1)OCO2)[C@@H]1[C@@H](c2ccccc2)[C@H]2CSCN2[C@]12C(=O)Nc1ccc(F)cc12. The number of fused-ring (bicyclic) bond motifs is 5. The van der Waals surface area contributed by atoms with Crippen molar-refractivity contribution in [2.75, 3.05) is 23.7 Å². The molecule has 1 amide bonds. The summed E-state index contributed by atoms with van der Waals surface area (Å²) >= 11 is 1.74. The van der Waals surface area contributed by atoms with Crippen molar-refractivity contribution in [2.45, 2.75) is 17.5 Å². The van der Waals surface area contributed by atoms with Crippen LogP contribution in [-0.2, 0) is 10.3 Å². The second kappa shape index (κ2) is 7.57. The third-order valence-corrected chi connectivity index (χ3v) is 8.74. The molecule has 2 saturated heterocycles. The second-order valence-electron chi connectivity index (χ2n) is 9.29. The van der Waals surface area contributed by atoms with Crippen molar-refractivity contribution in [3.8, 4) is 11.5 Å². The number of thioether (sulfide) groups is 1. The minimum Gasteiger partial charge on any atom is -0.454 e. The topological polar surface area (TPSA) is 67.9 Å². The van der Waals surface area contributed by atoms with E-state index >= 15 is 0 Å². The van der Waals surface area contributed by atoms with Crippen molar-refractivity contribution in [2.24, 2.45) is 5.92 Å². The Hall–Kier alpha value is -3.36. The summed E-state index contributed by atoms with van der Waals surface area (Å²) in [6, 6.07) is 19.3. The highest BCUT2D eigenvalue weighted by molar-refractivity contribution is 7.99. The first kappa shape index (κ1) is 21.0. The molecule has 3 aromatic rings. The van der Waals surface area contributed by atoms with Gasteiger partial charge in [-0.15, -0.1) is 11.8 Å². The summed E-state index contributed by atoms with van der Waals surface area (Å²) in [7, 11) is 0. The van der Waals surface area contributed by atoms with Gasteiger partial charge in [-0.05, 0) is 42.0 Å². The molecule has 1 spiro atoms. The molecule has 35 heavy (non-hydrogen) atoms. The summed E-state index contributed by atoms with van der Waals surface area (Å²) in [5.74, 6) is 0.602. The van der Waals surface area contributed by atoms with Crippen LogP contribution in [0.2, 0.25) is 0 Å². The van der Waals surface area contributed by atoms with Gasteiger partial charge in [0.25, 0.3) is 0 Å². The molecule has 4 heterocycles. The van der Waals surface area contributed by atoms with Crippen molar-refractivity contribution in [1.82, 2.24) is 4.90 Å². The highest BCUT2D eigenvalue weighted by atomic mass is 32.2. The zero-order valence-electron chi connectivity index (χ0n) is 18.6. The van der Waals surface area contributed by atoms with Crippen molar-refractivity contribution in [1.29, 1.82) is 0 Å². The summed E-state index contributed by atoms with van der Waals surface area (Å²) in [6.07, 6.45) is 0. The molecule has 4 aliphatic heterocycles. The minimum absolute atomic E-state index is 0.0506. The molecule has 0 aliphatic carbocycles. The molecular formula is C27H21FN2O4S. The van der Waals surface area contributed by atoms with E-state index in [1.165, 1.54) is 12.1 Å². The van der Waals surface area contributed by atoms with Crippen LogP contribution in [0.1, 0.15) is 27.4 Å². The van der Waals surface area contributed by atoms with Crippen LogP contribution < -0.4 is 14.8 Å². The molecule has 8 heteroatoms. The van der Waals surface area contributed by atoms with E-state index in [0.29, 0.717) is 34.2 Å². The van der Waals surface area contributed by atoms with Crippen LogP contribution in [-0.4, -0.2) is 41.1 Å². The Bertz CT molecular complexity index is 1380. The second-order valence-corrected chi connectivity index (χ2v) is 10.3. The number of ether oxygens (including phenoxy) is 2. The smallest absolute Gasteiger partial charge is 0.250 e. The molecule has 1 N–H and O–H groups in total. The number of benzene rings is 3. The molecule has 0 saturated carbocycles. The number of anilines is 1. The van der Waals surface area contributed by atoms with Gasteiger partial charge in [-0.25, -0.2) is 4.39 Å². The molecule has 0 unspecified atom stereocenters. The molecule has 7 rings (SSSR count). The summed E-state index contributed by atoms with van der Waals surface area (Å²) in [6.45, 7) is 0.106. The Labute approximate surface area is 205 Å². The zero-order chi connectivity index (χ0) is 23.7. The number of halogens is 1. The largest absolute Gasteiger partial charge is 0.454 e. The van der Waals surface area contributed by atoms with Crippen LogP contribution in [0.3, 0.4) is 0 Å². The van der Waals surface area contributed by atoms with Crippen molar-refractivity contribution in [3.05, 3.63) is 89.2 Å². The number of rotatable bonds is 3. The van der Waals surface area contributed by atoms with E-state index in [1.807, 2.05) is 30.3 Å². The Morgan fingerprint density at radius 2 is 1.89 bits per heavy atom. The monoisotopic (exact) mass is 488 g/mol. The predicted octanol–water partition coefficient (Wildman–Crippen LogP) is 4.37. The van der Waals surface area contributed by atoms with E-state index in [2.05, 4.69) is 10.2 Å². The van der Waals surface area contributed by atoms with E-state index in [-0.39, 0.29) is 30.4 Å². The van der Waals surface area contributed by atoms with Gasteiger partial charge in [-0.2, -0.15) is 0 Å². The number of amides is 1. The zero-order valence-corrected chi connectivity index (χ0v) is 19.4. The average Bonchev–Trinajstić information content (AvgIpc) is 3.63. The third-order valence-electron chi connectivity index (χ3n) is 7.71. The van der Waals surface area contributed by atoms with Crippen LogP contribution in [0.15, 0.2) is 66.7 Å². The number of nitrogens with one attached hydrogen (secondary N) is 1. The van der Waals surface area contributed by atoms with E-state index in [1.54, 1.807) is 36.0 Å². The van der Waals surface area contributed by atoms with Crippen molar-refractivity contribution in [3.63, 3.8) is 0 Å². The lowest BCUT2D eigenvalue weighted by Crippen LogP contribution is -2.52. The van der Waals surface area contributed by atoms with Crippen LogP contribution in [0.4, 0.5) is 10.1 Å². The number of hydrogen-bond donors (Lipinski definition) is 1. The van der Waals surface area contributed by atoms with E-state index < -0.39 is 17.3 Å². The molecule has 0 aromatic heterocycles. The first-order chi connectivity index (χ1) is 17.1. The van der Waals surface area contributed by atoms with Crippen molar-refractivity contribution < 1.29 is 23.5 Å². The normalized spacial score (nSPS) is 28.3. The van der Waals surface area contributed by atoms with Gasteiger partial charge < -0.3 is 14.8 Å². The van der Waals surface area contributed by atoms with Gasteiger partial charge in [0.05, 0.1) is 5.92 Å². The van der Waals surface area contributed by atoms with E-state index in [4.69, 9.17) is 9.47 Å². The van der Waals surface area contributed by atoms with Crippen LogP contribution in [0.25, 0.3) is 0 Å². The summed E-state index contributed by atoms with van der Waals surface area (Å²) in [4.78, 5) is 30.5. The average molecular weight is 489 g/mol. The lowest BCUT2D eigenvalue weighted by Gasteiger charge is -2.36. The number of Topliss-reactive ketones (excluding diaryl/α,β-unsaturated/α-hetero) is 1. The first-order valence-electron chi connectivity index (χ1n) is 11.5. The maximum atomic E-state index is 14.6. The number of carbonyl (C=O) groups excluding carboxylic acids is 2. The minimum atomic E-state index is -1.31. The molecule has 0 radical (unpaired) electrons. The van der Waals surface area contributed by atoms with Gasteiger partial charge >= 0.3 is 0 Å². The van der Waals surface area contributed by atoms with Crippen LogP contribution in [0.5, 0.6) is 11.5 Å². The number of hydrogen-bond acceptors (Lipinski definition) is 6. The molecule has 2 fully saturated rings. The first-order valence-corrected chi connectivity index (χ1v) is 12.7. The number of ketones is 1. The lowest BCUT2D eigenvalue weighted by molar-refractivity contribution is -0.127. The molecular weight excluding hydrogens is 467 g/mol. The maximum Gasteiger partial charge on any atom is 0.250 e. The highest BCUT2D eigenvalue weighted by Gasteiger charge is 2.69. The predicted molar refractivity (Wildman–Crippen MR) is 129 cm³/mol. The van der Waals surface area contributed by atoms with Crippen molar-refractivity contribution >= 4 is 29.1 Å². The third kappa shape index (κ3) is 2.81. The molecule has 4 atom stereocenters. The van der Waals surface area contributed by atoms with Gasteiger partial charge in [-0.3, -0.25) is 14.5 Å². The fraction of sp³-hybridized carbons (Fsp3) is 0.259. The fourth-order valence-electron chi connectivity index (χ4n) is 6.33. The molecule has 4 aliphatic rings. The summed E-state index contributed by atoms with van der Waals surface area (Å²) in [5.41, 5.74) is 1.24. The number of nitrogens with zero attached hydrogens (tertiary/aromatic N) is 1. The standard InChI is InChI=1S/C27H21FN2O4S/c28-17-7-8-19-18(11-17)27(26(32)29-19)24(25(31)16-6-9-21-22(10-16)34-14-33-21)23(15-4-2-1-3-5-15)20-12-35-13-30(20)27/h1-11,20,23-24H,12-14H2,(H,29,32)/t20-,23+,24+,27+/m1/s1. The van der Waals surface area contributed by atoms with Gasteiger partial charge in [-0.1, -0.05) is 30.3 Å². The number of carbonyl (C=O) groups is 2. The van der Waals surface area contributed by atoms with Gasteiger partial charge in [0.2, 0.25) is 12.7 Å². The molecule has 0 bridgehead atoms. The fourth-order valence-corrected chi connectivity index (χ4v) is 7.65. The Kier molecular flexibility index (Phi) is 4.53. The van der Waals surface area contributed by atoms with E-state index in [0.717, 1.165) is 11.3 Å². The summed E-state index contributed by atoms with van der Waals surface area (Å²) < 4.78 is 25.6. The highest BCUT2D eigenvalue weighted by Crippen LogP contribution is 2.61. The van der Waals surface area contributed by atoms with Crippen LogP contribution >= 0.6 is 11.8 Å². The van der Waals surface area contributed by atoms with E-state index in [9.17, 15) is 14.0 Å². The van der Waals surface area contributed by atoms with Crippen LogP contribution in [0, 0.1) is 11.7 Å². The van der Waals surface area contributed by atoms with Gasteiger partial charge in [0, 0.05) is 40.4 Å². The summed E-state index contributed by atoms with van der Waals surface area (Å²) in [5, 5.41) is 2.97.